The van der Waals surface area contributed by atoms with Gasteiger partial charge in [0.05, 0.1) is 62.7 Å². The minimum atomic E-state index is 0.550. The van der Waals surface area contributed by atoms with Crippen LogP contribution in [-0.4, -0.2) is 9.13 Å². The topological polar surface area (TPSA) is 81.2 Å². The standard InChI is InChI=1S/C45H25N5/c46-26-29-16-22-34(38(24-29)37-11-3-6-14-42(37)50-40-12-4-1-9-35(40)36-10-2-5-13-41(36)50)31-18-20-33(21-19-31)49-43-23-17-30(27-47)25-39(43)45-32(28-48)8-7-15-44(45)49/h1-25H. The quantitative estimate of drug-likeness (QED) is 0.193. The second-order valence-corrected chi connectivity index (χ2v) is 12.3. The van der Waals surface area contributed by atoms with Gasteiger partial charge in [0.15, 0.2) is 0 Å². The number of fused-ring (bicyclic) bond motifs is 6. The third kappa shape index (κ3) is 4.31. The van der Waals surface area contributed by atoms with Gasteiger partial charge < -0.3 is 9.13 Å². The van der Waals surface area contributed by atoms with E-state index in [-0.39, 0.29) is 0 Å². The van der Waals surface area contributed by atoms with Crippen LogP contribution in [0.1, 0.15) is 16.7 Å². The molecule has 7 aromatic carbocycles. The van der Waals surface area contributed by atoms with Crippen LogP contribution in [0.3, 0.4) is 0 Å². The van der Waals surface area contributed by atoms with Crippen LogP contribution in [0, 0.1) is 34.0 Å². The molecule has 0 aliphatic heterocycles. The SMILES string of the molecule is N#Cc1ccc(-c2ccc(-n3c4ccc(C#N)cc4c4c(C#N)cccc43)cc2)c(-c2ccccc2-n2c3ccccc3c3ccccc32)c1. The monoisotopic (exact) mass is 635 g/mol. The van der Waals surface area contributed by atoms with Crippen molar-refractivity contribution in [3.63, 3.8) is 0 Å². The fourth-order valence-corrected chi connectivity index (χ4v) is 7.47. The van der Waals surface area contributed by atoms with Gasteiger partial charge in [-0.3, -0.25) is 0 Å². The first-order valence-corrected chi connectivity index (χ1v) is 16.3. The predicted molar refractivity (Wildman–Crippen MR) is 200 cm³/mol. The van der Waals surface area contributed by atoms with E-state index in [1.165, 1.54) is 10.8 Å². The minimum Gasteiger partial charge on any atom is -0.309 e. The normalized spacial score (nSPS) is 11.1. The lowest BCUT2D eigenvalue weighted by molar-refractivity contribution is 1.18. The molecule has 0 aliphatic rings. The Kier molecular flexibility index (Phi) is 6.56. The average molecular weight is 636 g/mol. The van der Waals surface area contributed by atoms with Crippen molar-refractivity contribution in [3.8, 4) is 51.8 Å². The van der Waals surface area contributed by atoms with Crippen molar-refractivity contribution in [2.45, 2.75) is 0 Å². The van der Waals surface area contributed by atoms with Crippen molar-refractivity contribution in [1.82, 2.24) is 9.13 Å². The van der Waals surface area contributed by atoms with E-state index >= 15 is 0 Å². The number of rotatable bonds is 4. The van der Waals surface area contributed by atoms with Crippen molar-refractivity contribution < 1.29 is 0 Å². The molecule has 0 unspecified atom stereocenters. The average Bonchev–Trinajstić information content (AvgIpc) is 3.70. The molecule has 2 aromatic heterocycles. The number of hydrogen-bond donors (Lipinski definition) is 0. The number of para-hydroxylation sites is 3. The Hall–Kier alpha value is -7.39. The second-order valence-electron chi connectivity index (χ2n) is 12.3. The van der Waals surface area contributed by atoms with Crippen LogP contribution in [0.5, 0.6) is 0 Å². The number of nitrogens with zero attached hydrogens (tertiary/aromatic N) is 5. The van der Waals surface area contributed by atoms with E-state index in [4.69, 9.17) is 0 Å². The number of nitriles is 3. The fraction of sp³-hybridized carbons (Fsp3) is 0. The van der Waals surface area contributed by atoms with Crippen molar-refractivity contribution in [3.05, 3.63) is 168 Å². The van der Waals surface area contributed by atoms with Gasteiger partial charge in [-0.1, -0.05) is 78.9 Å². The fourth-order valence-electron chi connectivity index (χ4n) is 7.47. The van der Waals surface area contributed by atoms with Gasteiger partial charge in [-0.15, -0.1) is 0 Å². The Bertz CT molecular complexity index is 2900. The highest BCUT2D eigenvalue weighted by atomic mass is 15.0. The lowest BCUT2D eigenvalue weighted by Crippen LogP contribution is -1.98. The summed E-state index contributed by atoms with van der Waals surface area (Å²) in [4.78, 5) is 0. The van der Waals surface area contributed by atoms with E-state index in [1.807, 2.05) is 60.7 Å². The third-order valence-electron chi connectivity index (χ3n) is 9.64. The minimum absolute atomic E-state index is 0.550. The van der Waals surface area contributed by atoms with Crippen molar-refractivity contribution in [1.29, 1.82) is 15.8 Å². The molecular formula is C45H25N5. The van der Waals surface area contributed by atoms with Crippen LogP contribution in [0.15, 0.2) is 152 Å². The van der Waals surface area contributed by atoms with E-state index in [1.54, 1.807) is 0 Å². The molecule has 5 heteroatoms. The van der Waals surface area contributed by atoms with Gasteiger partial charge in [0.2, 0.25) is 0 Å². The van der Waals surface area contributed by atoms with Gasteiger partial charge in [0.25, 0.3) is 0 Å². The van der Waals surface area contributed by atoms with Crippen molar-refractivity contribution >= 4 is 43.6 Å². The number of aromatic nitrogens is 2. The molecule has 0 fully saturated rings. The van der Waals surface area contributed by atoms with Crippen LogP contribution in [-0.2, 0) is 0 Å². The maximum atomic E-state index is 10.00. The highest BCUT2D eigenvalue weighted by Crippen LogP contribution is 2.41. The van der Waals surface area contributed by atoms with E-state index in [9.17, 15) is 15.8 Å². The zero-order valence-electron chi connectivity index (χ0n) is 26.7. The van der Waals surface area contributed by atoms with Gasteiger partial charge in [0, 0.05) is 32.8 Å². The van der Waals surface area contributed by atoms with Crippen molar-refractivity contribution in [2.24, 2.45) is 0 Å². The highest BCUT2D eigenvalue weighted by molar-refractivity contribution is 6.12. The molecule has 2 heterocycles. The van der Waals surface area contributed by atoms with Crippen molar-refractivity contribution in [2.75, 3.05) is 0 Å². The first-order valence-electron chi connectivity index (χ1n) is 16.3. The van der Waals surface area contributed by atoms with Crippen LogP contribution in [0.4, 0.5) is 0 Å². The molecule has 0 aliphatic carbocycles. The molecule has 5 nitrogen and oxygen atoms in total. The van der Waals surface area contributed by atoms with E-state index in [0.717, 1.165) is 66.5 Å². The molecule has 0 saturated heterocycles. The Morgan fingerprint density at radius 2 is 1.02 bits per heavy atom. The summed E-state index contributed by atoms with van der Waals surface area (Å²) in [5.41, 5.74) is 11.8. The summed E-state index contributed by atoms with van der Waals surface area (Å²) in [5.74, 6) is 0. The zero-order valence-corrected chi connectivity index (χ0v) is 26.7. The summed E-state index contributed by atoms with van der Waals surface area (Å²) in [6, 6.07) is 57.9. The molecule has 0 saturated carbocycles. The molecule has 0 bridgehead atoms. The third-order valence-corrected chi connectivity index (χ3v) is 9.64. The number of benzene rings is 7. The second kappa shape index (κ2) is 11.4. The first-order chi connectivity index (χ1) is 24.7. The molecule has 0 spiro atoms. The van der Waals surface area contributed by atoms with Crippen LogP contribution < -0.4 is 0 Å². The predicted octanol–water partition coefficient (Wildman–Crippen LogP) is 10.8. The smallest absolute Gasteiger partial charge is 0.0998 e. The van der Waals surface area contributed by atoms with E-state index < -0.39 is 0 Å². The molecule has 50 heavy (non-hydrogen) atoms. The molecule has 0 atom stereocenters. The molecular weight excluding hydrogens is 611 g/mol. The van der Waals surface area contributed by atoms with Gasteiger partial charge >= 0.3 is 0 Å². The summed E-state index contributed by atoms with van der Waals surface area (Å²) in [6.45, 7) is 0. The summed E-state index contributed by atoms with van der Waals surface area (Å²) >= 11 is 0. The summed E-state index contributed by atoms with van der Waals surface area (Å²) in [7, 11) is 0. The Labute approximate surface area is 287 Å². The maximum absolute atomic E-state index is 10.00. The van der Waals surface area contributed by atoms with Crippen LogP contribution >= 0.6 is 0 Å². The Morgan fingerprint density at radius 1 is 0.400 bits per heavy atom. The van der Waals surface area contributed by atoms with Gasteiger partial charge in [-0.25, -0.2) is 0 Å². The number of hydrogen-bond acceptors (Lipinski definition) is 3. The molecule has 0 radical (unpaired) electrons. The largest absolute Gasteiger partial charge is 0.309 e. The molecule has 9 aromatic rings. The Morgan fingerprint density at radius 3 is 1.74 bits per heavy atom. The molecule has 230 valence electrons. The van der Waals surface area contributed by atoms with Gasteiger partial charge in [-0.2, -0.15) is 15.8 Å². The van der Waals surface area contributed by atoms with Crippen LogP contribution in [0.25, 0.3) is 77.2 Å². The molecule has 0 amide bonds. The lowest BCUT2D eigenvalue weighted by atomic mass is 9.91. The Balaban J connectivity index is 1.23. The highest BCUT2D eigenvalue weighted by Gasteiger charge is 2.19. The zero-order chi connectivity index (χ0) is 33.8. The molecule has 0 N–H and O–H groups in total. The van der Waals surface area contributed by atoms with E-state index in [2.05, 4.69) is 118 Å². The molecule has 9 rings (SSSR count). The lowest BCUT2D eigenvalue weighted by Gasteiger charge is -2.17. The maximum Gasteiger partial charge on any atom is 0.0998 e. The summed E-state index contributed by atoms with van der Waals surface area (Å²) < 4.78 is 4.47. The summed E-state index contributed by atoms with van der Waals surface area (Å²) in [5, 5.41) is 33.7. The van der Waals surface area contributed by atoms with Gasteiger partial charge in [-0.05, 0) is 89.5 Å². The van der Waals surface area contributed by atoms with E-state index in [0.29, 0.717) is 16.7 Å². The first kappa shape index (κ1) is 28.8. The van der Waals surface area contributed by atoms with Crippen LogP contribution in [0.2, 0.25) is 0 Å². The van der Waals surface area contributed by atoms with Gasteiger partial charge in [0.1, 0.15) is 0 Å². The summed E-state index contributed by atoms with van der Waals surface area (Å²) in [6.07, 6.45) is 0.